The molecule has 0 aromatic heterocycles. The van der Waals surface area contributed by atoms with Gasteiger partial charge in [-0.2, -0.15) is 0 Å². The average molecular weight is 192 g/mol. The summed E-state index contributed by atoms with van der Waals surface area (Å²) in [6, 6.07) is 0. The molecule has 0 radical (unpaired) electrons. The van der Waals surface area contributed by atoms with E-state index in [1.807, 2.05) is 0 Å². The van der Waals surface area contributed by atoms with Crippen molar-refractivity contribution >= 4 is 0 Å². The van der Waals surface area contributed by atoms with E-state index in [1.54, 1.807) is 6.92 Å². The summed E-state index contributed by atoms with van der Waals surface area (Å²) in [6.07, 6.45) is -0.827. The van der Waals surface area contributed by atoms with Crippen molar-refractivity contribution in [3.63, 3.8) is 0 Å². The minimum absolute atomic E-state index is 0.121. The maximum atomic E-state index is 11.0. The van der Waals surface area contributed by atoms with E-state index < -0.39 is 6.17 Å². The molecule has 0 aliphatic rings. The Bertz CT molecular complexity index is 185. The van der Waals surface area contributed by atoms with Gasteiger partial charge in [-0.15, -0.1) is 0 Å². The predicted octanol–water partition coefficient (Wildman–Crippen LogP) is 0.770. The molecule has 8 heteroatoms. The van der Waals surface area contributed by atoms with Crippen molar-refractivity contribution in [3.8, 4) is 0 Å². The lowest BCUT2D eigenvalue weighted by atomic mass is 10.4. The quantitative estimate of drug-likeness (QED) is 0.278. The molecule has 0 unspecified atom stereocenters. The summed E-state index contributed by atoms with van der Waals surface area (Å²) in [5.41, 5.74) is 0. The number of rotatable bonds is 5. The van der Waals surface area contributed by atoms with E-state index in [4.69, 9.17) is 0 Å². The highest BCUT2D eigenvalue weighted by Gasteiger charge is 2.26. The van der Waals surface area contributed by atoms with Gasteiger partial charge in [0.2, 0.25) is 10.6 Å². The molecule has 8 nitrogen and oxygen atoms in total. The standard InChI is InChI=1S/C5H12N4O4/c1-4-5(8(10)6-12-2)9(11)7-13-3/h5H,4H2,1-3H3. The first-order valence-corrected chi connectivity index (χ1v) is 3.58. The normalized spacial score (nSPS) is 15.3. The molecule has 0 aromatic rings. The lowest BCUT2D eigenvalue weighted by Gasteiger charge is -2.07. The zero-order valence-corrected chi connectivity index (χ0v) is 7.71. The van der Waals surface area contributed by atoms with Gasteiger partial charge < -0.3 is 20.1 Å². The van der Waals surface area contributed by atoms with Gasteiger partial charge in [-0.3, -0.25) is 0 Å². The van der Waals surface area contributed by atoms with Crippen LogP contribution in [0, 0.1) is 10.4 Å². The Morgan fingerprint density at radius 1 is 1.15 bits per heavy atom. The van der Waals surface area contributed by atoms with Crippen LogP contribution in [0.25, 0.3) is 0 Å². The zero-order valence-electron chi connectivity index (χ0n) is 7.71. The number of hydrogen-bond donors (Lipinski definition) is 0. The van der Waals surface area contributed by atoms with Gasteiger partial charge in [0.15, 0.2) is 0 Å². The third-order valence-corrected chi connectivity index (χ3v) is 1.20. The summed E-state index contributed by atoms with van der Waals surface area (Å²) < 4.78 is 0. The second-order valence-corrected chi connectivity index (χ2v) is 2.02. The number of hydrogen-bond acceptors (Lipinski definition) is 6. The monoisotopic (exact) mass is 192 g/mol. The first-order valence-electron chi connectivity index (χ1n) is 3.58. The van der Waals surface area contributed by atoms with Gasteiger partial charge in [0.1, 0.15) is 14.2 Å². The Kier molecular flexibility index (Phi) is 5.24. The molecule has 0 aliphatic carbocycles. The highest BCUT2D eigenvalue weighted by molar-refractivity contribution is 4.30. The Labute approximate surface area is 75.1 Å². The zero-order chi connectivity index (χ0) is 10.3. The van der Waals surface area contributed by atoms with E-state index in [0.717, 1.165) is 0 Å². The average Bonchev–Trinajstić information content (AvgIpc) is 2.06. The van der Waals surface area contributed by atoms with Crippen LogP contribution in [-0.4, -0.2) is 30.1 Å². The molecule has 13 heavy (non-hydrogen) atoms. The maximum Gasteiger partial charge on any atom is 0.416 e. The van der Waals surface area contributed by atoms with Crippen LogP contribution in [0.4, 0.5) is 0 Å². The summed E-state index contributed by atoms with van der Waals surface area (Å²) in [5, 5.41) is 28.0. The van der Waals surface area contributed by atoms with Gasteiger partial charge in [0.05, 0.1) is 6.42 Å². The van der Waals surface area contributed by atoms with E-state index >= 15 is 0 Å². The van der Waals surface area contributed by atoms with Crippen molar-refractivity contribution in [1.29, 1.82) is 0 Å². The molecular weight excluding hydrogens is 180 g/mol. The second-order valence-electron chi connectivity index (χ2n) is 2.02. The lowest BCUT2D eigenvalue weighted by molar-refractivity contribution is -0.797. The Morgan fingerprint density at radius 2 is 1.54 bits per heavy atom. The van der Waals surface area contributed by atoms with Crippen molar-refractivity contribution in [3.05, 3.63) is 10.4 Å². The third-order valence-electron chi connectivity index (χ3n) is 1.20. The molecule has 0 bridgehead atoms. The van der Waals surface area contributed by atoms with Gasteiger partial charge in [-0.25, -0.2) is 0 Å². The van der Waals surface area contributed by atoms with Crippen LogP contribution in [0.15, 0.2) is 10.6 Å². The van der Waals surface area contributed by atoms with Gasteiger partial charge >= 0.3 is 6.17 Å². The minimum Gasteiger partial charge on any atom is -0.592 e. The fourth-order valence-corrected chi connectivity index (χ4v) is 0.667. The van der Waals surface area contributed by atoms with Gasteiger partial charge in [-0.05, 0) is 0 Å². The molecule has 0 rings (SSSR count). The smallest absolute Gasteiger partial charge is 0.416 e. The third kappa shape index (κ3) is 3.54. The molecule has 0 fully saturated rings. The molecule has 0 amide bonds. The SMILES string of the molecule is CCC([N+]([O-])=NOC)[N+]([O-])=NOC. The van der Waals surface area contributed by atoms with Crippen LogP contribution < -0.4 is 0 Å². The minimum atomic E-state index is -1.07. The largest absolute Gasteiger partial charge is 0.592 e. The van der Waals surface area contributed by atoms with Crippen molar-refractivity contribution in [2.75, 3.05) is 14.2 Å². The summed E-state index contributed by atoms with van der Waals surface area (Å²) in [5.74, 6) is 0. The van der Waals surface area contributed by atoms with Crippen LogP contribution in [0.5, 0.6) is 0 Å². The Hall–Kier alpha value is -1.60. The van der Waals surface area contributed by atoms with Crippen LogP contribution >= 0.6 is 0 Å². The highest BCUT2D eigenvalue weighted by atomic mass is 16.7. The first kappa shape index (κ1) is 11.4. The Balaban J connectivity index is 4.50. The van der Waals surface area contributed by atoms with Gasteiger partial charge in [0, 0.05) is 9.72 Å². The lowest BCUT2D eigenvalue weighted by Crippen LogP contribution is -2.29. The van der Waals surface area contributed by atoms with Crippen molar-refractivity contribution < 1.29 is 19.4 Å². The summed E-state index contributed by atoms with van der Waals surface area (Å²) in [6.45, 7) is 1.64. The first-order chi connectivity index (χ1) is 6.17. The van der Waals surface area contributed by atoms with Gasteiger partial charge in [-0.1, -0.05) is 6.92 Å². The fourth-order valence-electron chi connectivity index (χ4n) is 0.667. The molecule has 0 spiro atoms. The van der Waals surface area contributed by atoms with Crippen LogP contribution in [0.3, 0.4) is 0 Å². The maximum absolute atomic E-state index is 11.0. The number of hydroxylamine groups is 2. The van der Waals surface area contributed by atoms with Crippen LogP contribution in [0.1, 0.15) is 13.3 Å². The van der Waals surface area contributed by atoms with Crippen LogP contribution in [0.2, 0.25) is 0 Å². The molecule has 0 saturated carbocycles. The summed E-state index contributed by atoms with van der Waals surface area (Å²) >= 11 is 0. The van der Waals surface area contributed by atoms with E-state index in [9.17, 15) is 10.4 Å². The van der Waals surface area contributed by atoms with E-state index in [1.165, 1.54) is 14.2 Å². The molecule has 0 aliphatic heterocycles. The molecule has 76 valence electrons. The predicted molar refractivity (Wildman–Crippen MR) is 40.2 cm³/mol. The number of nitrogens with zero attached hydrogens (tertiary/aromatic N) is 4. The summed E-state index contributed by atoms with van der Waals surface area (Å²) in [7, 11) is 2.42. The van der Waals surface area contributed by atoms with E-state index in [-0.39, 0.29) is 16.1 Å². The van der Waals surface area contributed by atoms with Crippen molar-refractivity contribution in [1.82, 2.24) is 0 Å². The van der Waals surface area contributed by atoms with Crippen molar-refractivity contribution in [2.24, 2.45) is 10.6 Å². The molecule has 0 N–H and O–H groups in total. The molecule has 0 saturated heterocycles. The highest BCUT2D eigenvalue weighted by Crippen LogP contribution is 2.00. The topological polar surface area (TPSA) is 95.3 Å². The van der Waals surface area contributed by atoms with E-state index in [0.29, 0.717) is 0 Å². The Morgan fingerprint density at radius 3 is 1.77 bits per heavy atom. The second kappa shape index (κ2) is 5.98. The molecule has 0 aromatic carbocycles. The van der Waals surface area contributed by atoms with Gasteiger partial charge in [0.25, 0.3) is 0 Å². The molecule has 0 heterocycles. The molecule has 0 atom stereocenters. The fraction of sp³-hybridized carbons (Fsp3) is 1.00. The van der Waals surface area contributed by atoms with E-state index in [2.05, 4.69) is 20.2 Å². The van der Waals surface area contributed by atoms with Crippen molar-refractivity contribution in [2.45, 2.75) is 19.5 Å². The molecular formula is C5H12N4O4. The summed E-state index contributed by atoms with van der Waals surface area (Å²) in [4.78, 5) is 8.65. The van der Waals surface area contributed by atoms with Crippen LogP contribution in [-0.2, 0) is 9.68 Å².